The molecule has 1 unspecified atom stereocenters. The fraction of sp³-hybridized carbons (Fsp3) is 0.560. The summed E-state index contributed by atoms with van der Waals surface area (Å²) in [5.74, 6) is -1.31. The molecule has 208 valence electrons. The van der Waals surface area contributed by atoms with Crippen molar-refractivity contribution in [2.75, 3.05) is 28.8 Å². The van der Waals surface area contributed by atoms with Crippen molar-refractivity contribution < 1.29 is 36.7 Å². The number of anilines is 1. The Balaban J connectivity index is 0.00000334. The average Bonchev–Trinajstić information content (AvgIpc) is 3.32. The van der Waals surface area contributed by atoms with E-state index in [1.54, 1.807) is 13.8 Å². The zero-order chi connectivity index (χ0) is 28.6. The molecule has 0 radical (unpaired) electrons. The zero-order valence-corrected chi connectivity index (χ0v) is 24.0. The quantitative estimate of drug-likeness (QED) is 0.138. The molecule has 0 bridgehead atoms. The van der Waals surface area contributed by atoms with Gasteiger partial charge in [-0.1, -0.05) is 25.4 Å². The molecule has 0 saturated carbocycles. The number of nitrogens with zero attached hydrogens (tertiary/aromatic N) is 1. The number of thioether (sulfide) groups is 2. The summed E-state index contributed by atoms with van der Waals surface area (Å²) in [5, 5.41) is -0.0404. The number of hydrogen-bond acceptors (Lipinski definition) is 6. The summed E-state index contributed by atoms with van der Waals surface area (Å²) >= 11 is 9.02. The summed E-state index contributed by atoms with van der Waals surface area (Å²) in [4.78, 5) is 37.7. The van der Waals surface area contributed by atoms with Crippen molar-refractivity contribution in [1.82, 2.24) is 0 Å². The number of carbonyl (C=O) groups is 3. The lowest BCUT2D eigenvalue weighted by atomic mass is 9.97. The number of amides is 2. The molecule has 0 N–H and O–H groups in total. The molecule has 0 aromatic heterocycles. The van der Waals surface area contributed by atoms with Crippen LogP contribution in [0.5, 0.6) is 0 Å². The highest BCUT2D eigenvalue weighted by Crippen LogP contribution is 2.37. The van der Waals surface area contributed by atoms with Gasteiger partial charge in [0.1, 0.15) is 5.82 Å². The molecule has 12 heteroatoms. The molecule has 37 heavy (non-hydrogen) atoms. The Morgan fingerprint density at radius 2 is 1.84 bits per heavy atom. The van der Waals surface area contributed by atoms with E-state index in [9.17, 15) is 31.9 Å². The Labute approximate surface area is 228 Å². The third kappa shape index (κ3) is 9.83. The number of ether oxygens (including phenoxy) is 1. The highest BCUT2D eigenvalue weighted by molar-refractivity contribution is 7.99. The third-order valence-corrected chi connectivity index (χ3v) is 8.35. The number of rotatable bonds is 8. The average molecular weight is 586 g/mol. The van der Waals surface area contributed by atoms with Crippen LogP contribution in [-0.2, 0) is 19.1 Å². The Kier molecular flexibility index (Phi) is 13.0. The van der Waals surface area contributed by atoms with Gasteiger partial charge in [-0.25, -0.2) is 9.29 Å². The van der Waals surface area contributed by atoms with E-state index in [4.69, 9.17) is 16.3 Å². The molecular formula is C25H32ClF4NO4S2. The second-order valence-electron chi connectivity index (χ2n) is 8.75. The monoisotopic (exact) mass is 585 g/mol. The maximum Gasteiger partial charge on any atom is 0.412 e. The summed E-state index contributed by atoms with van der Waals surface area (Å²) in [6, 6.07) is 1.97. The van der Waals surface area contributed by atoms with Gasteiger partial charge in [0, 0.05) is 35.1 Å². The molecular weight excluding hydrogens is 554 g/mol. The number of carbonyl (C=O) groups excluding carboxylic acids is 3. The number of allylic oxidation sites excluding steroid dienone is 1. The largest absolute Gasteiger partial charge is 0.465 e. The predicted molar refractivity (Wildman–Crippen MR) is 142 cm³/mol. The van der Waals surface area contributed by atoms with E-state index in [0.717, 1.165) is 48.7 Å². The first-order chi connectivity index (χ1) is 17.1. The van der Waals surface area contributed by atoms with Crippen LogP contribution in [0.3, 0.4) is 0 Å². The van der Waals surface area contributed by atoms with Crippen molar-refractivity contribution in [2.45, 2.75) is 59.0 Å². The van der Waals surface area contributed by atoms with E-state index in [0.29, 0.717) is 24.3 Å². The van der Waals surface area contributed by atoms with Gasteiger partial charge in [0.25, 0.3) is 5.91 Å². The lowest BCUT2D eigenvalue weighted by Gasteiger charge is -2.24. The fourth-order valence-corrected chi connectivity index (χ4v) is 5.60. The first kappa shape index (κ1) is 33.3. The van der Waals surface area contributed by atoms with E-state index < -0.39 is 46.5 Å². The Morgan fingerprint density at radius 3 is 2.35 bits per heavy atom. The van der Waals surface area contributed by atoms with Gasteiger partial charge in [-0.15, -0.1) is 11.8 Å². The zero-order valence-electron chi connectivity index (χ0n) is 21.6. The van der Waals surface area contributed by atoms with Crippen LogP contribution in [0, 0.1) is 17.2 Å². The Morgan fingerprint density at radius 1 is 1.22 bits per heavy atom. The summed E-state index contributed by atoms with van der Waals surface area (Å²) in [5.41, 5.74) is -2.72. The minimum absolute atomic E-state index is 0.0404. The van der Waals surface area contributed by atoms with Crippen LogP contribution in [0.25, 0.3) is 0 Å². The molecule has 1 aliphatic rings. The molecule has 0 spiro atoms. The van der Waals surface area contributed by atoms with Crippen LogP contribution in [0.2, 0.25) is 5.02 Å². The molecule has 1 aromatic carbocycles. The van der Waals surface area contributed by atoms with Gasteiger partial charge in [-0.3, -0.25) is 14.4 Å². The molecule has 1 heterocycles. The van der Waals surface area contributed by atoms with Crippen LogP contribution in [0.15, 0.2) is 28.7 Å². The lowest BCUT2D eigenvalue weighted by molar-refractivity contribution is -0.153. The van der Waals surface area contributed by atoms with Crippen molar-refractivity contribution in [1.29, 1.82) is 0 Å². The van der Waals surface area contributed by atoms with Crippen molar-refractivity contribution in [3.63, 3.8) is 0 Å². The molecule has 2 amide bonds. The summed E-state index contributed by atoms with van der Waals surface area (Å²) in [6.45, 7) is 9.29. The second-order valence-corrected chi connectivity index (χ2v) is 11.3. The van der Waals surface area contributed by atoms with E-state index in [-0.39, 0.29) is 21.7 Å². The van der Waals surface area contributed by atoms with Crippen LogP contribution < -0.4 is 4.90 Å². The highest BCUT2D eigenvalue weighted by Gasteiger charge is 2.34. The van der Waals surface area contributed by atoms with Crippen molar-refractivity contribution >= 4 is 58.6 Å². The topological polar surface area (TPSA) is 63.7 Å². The molecule has 0 aliphatic carbocycles. The maximum absolute atomic E-state index is 14.7. The number of esters is 1. The Hall–Kier alpha value is -1.72. The molecule has 1 aliphatic heterocycles. The van der Waals surface area contributed by atoms with E-state index in [1.807, 2.05) is 25.6 Å². The lowest BCUT2D eigenvalue weighted by Crippen LogP contribution is -2.35. The Bertz CT molecular complexity index is 1010. The molecule has 1 aromatic rings. The molecule has 1 saturated heterocycles. The van der Waals surface area contributed by atoms with Gasteiger partial charge >= 0.3 is 12.1 Å². The van der Waals surface area contributed by atoms with E-state index in [2.05, 4.69) is 0 Å². The fourth-order valence-electron chi connectivity index (χ4n) is 3.00. The number of hydrogen-bond donors (Lipinski definition) is 0. The van der Waals surface area contributed by atoms with Gasteiger partial charge in [0.2, 0.25) is 5.91 Å². The smallest absolute Gasteiger partial charge is 0.412 e. The van der Waals surface area contributed by atoms with Crippen molar-refractivity contribution in [2.24, 2.45) is 11.3 Å². The van der Waals surface area contributed by atoms with Crippen LogP contribution >= 0.6 is 35.1 Å². The van der Waals surface area contributed by atoms with Gasteiger partial charge in [0.15, 0.2) is 0 Å². The minimum atomic E-state index is -4.78. The van der Waals surface area contributed by atoms with Crippen LogP contribution in [0.4, 0.5) is 23.2 Å². The number of imide groups is 1. The second kappa shape index (κ2) is 14.4. The first-order valence-corrected chi connectivity index (χ1v) is 14.1. The van der Waals surface area contributed by atoms with Crippen LogP contribution in [-0.4, -0.2) is 47.8 Å². The summed E-state index contributed by atoms with van der Waals surface area (Å²) in [7, 11) is 0. The summed E-state index contributed by atoms with van der Waals surface area (Å²) < 4.78 is 58.6. The van der Waals surface area contributed by atoms with Gasteiger partial charge in [0.05, 0.1) is 22.7 Å². The number of halogens is 5. The third-order valence-electron chi connectivity index (χ3n) is 5.18. The highest BCUT2D eigenvalue weighted by atomic mass is 35.5. The summed E-state index contributed by atoms with van der Waals surface area (Å²) in [6.07, 6.45) is -3.57. The van der Waals surface area contributed by atoms with E-state index in [1.165, 1.54) is 0 Å². The standard InChI is InChI=1S/C23H26ClF4NO4S2.C2H6/c1-13(23(26,27)28)7-20(31)29(14(2)30)18-9-19(16(24)8-17(18)25)35-12-22(3,4)21(32)33-10-15-5-6-34-11-15;1-2/h7-9,15H,5-6,10-12H2,1-4H3;1-2H3/b13-7+;. The normalized spacial score (nSPS) is 16.1. The molecule has 1 fully saturated rings. The number of alkyl halides is 3. The first-order valence-electron chi connectivity index (χ1n) is 11.6. The van der Waals surface area contributed by atoms with Gasteiger partial charge in [-0.2, -0.15) is 24.9 Å². The van der Waals surface area contributed by atoms with Crippen molar-refractivity contribution in [3.8, 4) is 0 Å². The predicted octanol–water partition coefficient (Wildman–Crippen LogP) is 7.31. The SMILES string of the molecule is CC.CC(=O)N(C(=O)/C=C(\C)C(F)(F)F)c1cc(SCC(C)(C)C(=O)OCC2CCSC2)c(Cl)cc1F. The van der Waals surface area contributed by atoms with Gasteiger partial charge in [-0.05, 0) is 50.8 Å². The maximum atomic E-state index is 14.7. The molecule has 2 rings (SSSR count). The number of benzene rings is 1. The van der Waals surface area contributed by atoms with Crippen molar-refractivity contribution in [3.05, 3.63) is 34.6 Å². The molecule has 1 atom stereocenters. The van der Waals surface area contributed by atoms with E-state index >= 15 is 0 Å². The minimum Gasteiger partial charge on any atom is -0.465 e. The van der Waals surface area contributed by atoms with Crippen LogP contribution in [0.1, 0.15) is 48.0 Å². The molecule has 5 nitrogen and oxygen atoms in total. The van der Waals surface area contributed by atoms with Gasteiger partial charge < -0.3 is 4.74 Å².